The quantitative estimate of drug-likeness (QED) is 0.449. The first-order valence-corrected chi connectivity index (χ1v) is 11.2. The summed E-state index contributed by atoms with van der Waals surface area (Å²) in [6.07, 6.45) is 2.52. The number of fused-ring (bicyclic) bond motifs is 1. The zero-order valence-electron chi connectivity index (χ0n) is 18.3. The third-order valence-electron chi connectivity index (χ3n) is 6.62. The summed E-state index contributed by atoms with van der Waals surface area (Å²) in [4.78, 5) is 27.9. The Morgan fingerprint density at radius 1 is 1.19 bits per heavy atom. The van der Waals surface area contributed by atoms with Gasteiger partial charge < -0.3 is 19.5 Å². The second-order valence-corrected chi connectivity index (χ2v) is 8.90. The lowest BCUT2D eigenvalue weighted by molar-refractivity contribution is -0.140. The zero-order valence-corrected chi connectivity index (χ0v) is 18.3. The number of nitrogens with zero attached hydrogens (tertiary/aromatic N) is 1. The lowest BCUT2D eigenvalue weighted by atomic mass is 9.92. The number of ether oxygens (including phenoxy) is 2. The van der Waals surface area contributed by atoms with E-state index >= 15 is 0 Å². The van der Waals surface area contributed by atoms with Crippen molar-refractivity contribution in [2.45, 2.75) is 51.4 Å². The molecule has 2 saturated heterocycles. The Morgan fingerprint density at radius 2 is 2.00 bits per heavy atom. The standard InChI is InChI=1S/C26H27NO5/c1-15-6-3-4-8-20(15)23-22(25(29)26(30)27(23)14-19-7-5-11-31-19)24(28)17-9-10-21-18(13-17)12-16(2)32-21/h3-4,6,8-10,13,16,19,23,28H,5,7,11-12,14H2,1-2H3/b24-22+. The molecule has 0 radical (unpaired) electrons. The van der Waals surface area contributed by atoms with E-state index in [0.717, 1.165) is 41.7 Å². The molecule has 2 aromatic rings. The molecule has 32 heavy (non-hydrogen) atoms. The van der Waals surface area contributed by atoms with Crippen molar-refractivity contribution in [3.63, 3.8) is 0 Å². The van der Waals surface area contributed by atoms with Crippen molar-refractivity contribution in [2.24, 2.45) is 0 Å². The number of aliphatic hydroxyl groups is 1. The van der Waals surface area contributed by atoms with Gasteiger partial charge in [0.25, 0.3) is 11.7 Å². The third-order valence-corrected chi connectivity index (χ3v) is 6.62. The number of aryl methyl sites for hydroxylation is 1. The number of rotatable bonds is 4. The molecule has 166 valence electrons. The van der Waals surface area contributed by atoms with E-state index in [-0.39, 0.29) is 23.5 Å². The predicted octanol–water partition coefficient (Wildman–Crippen LogP) is 3.92. The summed E-state index contributed by atoms with van der Waals surface area (Å²) >= 11 is 0. The van der Waals surface area contributed by atoms with Crippen molar-refractivity contribution in [3.05, 3.63) is 70.3 Å². The fraction of sp³-hybridized carbons (Fsp3) is 0.385. The first kappa shape index (κ1) is 20.8. The minimum absolute atomic E-state index is 0.0753. The molecule has 3 unspecified atom stereocenters. The van der Waals surface area contributed by atoms with Gasteiger partial charge in [0.15, 0.2) is 0 Å². The zero-order chi connectivity index (χ0) is 22.4. The van der Waals surface area contributed by atoms with Crippen LogP contribution in [-0.4, -0.2) is 47.1 Å². The largest absolute Gasteiger partial charge is 0.507 e. The van der Waals surface area contributed by atoms with Crippen LogP contribution < -0.4 is 4.74 Å². The van der Waals surface area contributed by atoms with Gasteiger partial charge in [-0.05, 0) is 61.6 Å². The molecule has 1 N–H and O–H groups in total. The van der Waals surface area contributed by atoms with Crippen molar-refractivity contribution < 1.29 is 24.2 Å². The molecule has 0 spiro atoms. The van der Waals surface area contributed by atoms with Crippen molar-refractivity contribution in [2.75, 3.05) is 13.2 Å². The highest BCUT2D eigenvalue weighted by Gasteiger charge is 2.47. The summed E-state index contributed by atoms with van der Waals surface area (Å²) in [7, 11) is 0. The summed E-state index contributed by atoms with van der Waals surface area (Å²) in [5.74, 6) is -0.593. The molecule has 2 aromatic carbocycles. The molecule has 0 saturated carbocycles. The maximum absolute atomic E-state index is 13.2. The summed E-state index contributed by atoms with van der Waals surface area (Å²) in [5, 5.41) is 11.3. The van der Waals surface area contributed by atoms with Gasteiger partial charge in [0.1, 0.15) is 17.6 Å². The minimum atomic E-state index is -0.654. The number of ketones is 1. The Labute approximate surface area is 187 Å². The van der Waals surface area contributed by atoms with Gasteiger partial charge in [0.05, 0.1) is 17.7 Å². The van der Waals surface area contributed by atoms with Crippen molar-refractivity contribution >= 4 is 17.4 Å². The topological polar surface area (TPSA) is 76.1 Å². The molecule has 0 aromatic heterocycles. The van der Waals surface area contributed by atoms with Crippen LogP contribution in [0.5, 0.6) is 5.75 Å². The molecule has 1 amide bonds. The van der Waals surface area contributed by atoms with E-state index in [9.17, 15) is 14.7 Å². The first-order valence-electron chi connectivity index (χ1n) is 11.2. The van der Waals surface area contributed by atoms with Gasteiger partial charge in [-0.3, -0.25) is 9.59 Å². The maximum atomic E-state index is 13.2. The molecule has 6 heteroatoms. The van der Waals surface area contributed by atoms with Crippen LogP contribution in [0.15, 0.2) is 48.0 Å². The molecule has 5 rings (SSSR count). The van der Waals surface area contributed by atoms with E-state index in [2.05, 4.69) is 0 Å². The summed E-state index contributed by atoms with van der Waals surface area (Å²) < 4.78 is 11.5. The van der Waals surface area contributed by atoms with Crippen LogP contribution in [0.2, 0.25) is 0 Å². The van der Waals surface area contributed by atoms with Crippen LogP contribution in [-0.2, 0) is 20.7 Å². The molecule has 3 aliphatic rings. The normalized spacial score (nSPS) is 26.4. The van der Waals surface area contributed by atoms with Gasteiger partial charge in [-0.1, -0.05) is 24.3 Å². The fourth-order valence-electron chi connectivity index (χ4n) is 5.02. The second kappa shape index (κ2) is 8.10. The van der Waals surface area contributed by atoms with E-state index in [0.29, 0.717) is 18.7 Å². The monoisotopic (exact) mass is 433 g/mol. The van der Waals surface area contributed by atoms with Crippen LogP contribution in [0, 0.1) is 6.92 Å². The van der Waals surface area contributed by atoms with Gasteiger partial charge in [0, 0.05) is 25.1 Å². The number of aliphatic hydroxyl groups excluding tert-OH is 1. The third kappa shape index (κ3) is 3.48. The number of Topliss-reactive ketones (excluding diaryl/α,β-unsaturated/α-hetero) is 1. The maximum Gasteiger partial charge on any atom is 0.295 e. The van der Waals surface area contributed by atoms with Crippen molar-refractivity contribution in [3.8, 4) is 5.75 Å². The van der Waals surface area contributed by atoms with Gasteiger partial charge in [-0.2, -0.15) is 0 Å². The SMILES string of the molecule is Cc1ccccc1C1/C(=C(\O)c2ccc3c(c2)CC(C)O3)C(=O)C(=O)N1CC1CCCO1. The number of amides is 1. The average molecular weight is 434 g/mol. The van der Waals surface area contributed by atoms with E-state index < -0.39 is 17.7 Å². The highest BCUT2D eigenvalue weighted by Crippen LogP contribution is 2.42. The number of hydrogen-bond acceptors (Lipinski definition) is 5. The molecule has 3 heterocycles. The van der Waals surface area contributed by atoms with Gasteiger partial charge in [-0.25, -0.2) is 0 Å². The Morgan fingerprint density at radius 3 is 2.75 bits per heavy atom. The molecule has 0 aliphatic carbocycles. The Hall–Kier alpha value is -3.12. The lowest BCUT2D eigenvalue weighted by Gasteiger charge is -2.28. The van der Waals surface area contributed by atoms with E-state index in [1.807, 2.05) is 50.2 Å². The highest BCUT2D eigenvalue weighted by atomic mass is 16.5. The molecule has 3 aliphatic heterocycles. The van der Waals surface area contributed by atoms with Crippen LogP contribution >= 0.6 is 0 Å². The number of hydrogen-bond donors (Lipinski definition) is 1. The van der Waals surface area contributed by atoms with E-state index in [1.54, 1.807) is 11.0 Å². The molecule has 2 fully saturated rings. The molecule has 6 nitrogen and oxygen atoms in total. The summed E-state index contributed by atoms with van der Waals surface area (Å²) in [6, 6.07) is 12.5. The van der Waals surface area contributed by atoms with Crippen molar-refractivity contribution in [1.82, 2.24) is 4.90 Å². The van der Waals surface area contributed by atoms with Gasteiger partial charge in [-0.15, -0.1) is 0 Å². The number of benzene rings is 2. The smallest absolute Gasteiger partial charge is 0.295 e. The number of carbonyl (C=O) groups excluding carboxylic acids is 2. The van der Waals surface area contributed by atoms with Crippen molar-refractivity contribution in [1.29, 1.82) is 0 Å². The molecular weight excluding hydrogens is 406 g/mol. The van der Waals surface area contributed by atoms with Gasteiger partial charge in [0.2, 0.25) is 0 Å². The summed E-state index contributed by atoms with van der Waals surface area (Å²) in [5.41, 5.74) is 3.44. The van der Waals surface area contributed by atoms with Crippen LogP contribution in [0.4, 0.5) is 0 Å². The second-order valence-electron chi connectivity index (χ2n) is 8.90. The number of carbonyl (C=O) groups is 2. The van der Waals surface area contributed by atoms with E-state index in [4.69, 9.17) is 9.47 Å². The predicted molar refractivity (Wildman–Crippen MR) is 119 cm³/mol. The molecular formula is C26H27NO5. The average Bonchev–Trinajstić information content (AvgIpc) is 3.48. The number of likely N-dealkylation sites (tertiary alicyclic amines) is 1. The lowest BCUT2D eigenvalue weighted by Crippen LogP contribution is -2.36. The van der Waals surface area contributed by atoms with Gasteiger partial charge >= 0.3 is 0 Å². The fourth-order valence-corrected chi connectivity index (χ4v) is 5.02. The van der Waals surface area contributed by atoms with Crippen LogP contribution in [0.3, 0.4) is 0 Å². The molecule has 0 bridgehead atoms. The van der Waals surface area contributed by atoms with E-state index in [1.165, 1.54) is 0 Å². The Kier molecular flexibility index (Phi) is 5.25. The first-order chi connectivity index (χ1) is 15.4. The Balaban J connectivity index is 1.62. The Bertz CT molecular complexity index is 1110. The minimum Gasteiger partial charge on any atom is -0.507 e. The van der Waals surface area contributed by atoms with Crippen LogP contribution in [0.1, 0.15) is 48.1 Å². The molecule has 3 atom stereocenters. The highest BCUT2D eigenvalue weighted by molar-refractivity contribution is 6.46. The summed E-state index contributed by atoms with van der Waals surface area (Å²) in [6.45, 7) is 4.94. The van der Waals surface area contributed by atoms with Crippen LogP contribution in [0.25, 0.3) is 5.76 Å².